The molecule has 1 aromatic carbocycles. The number of hydrogen-bond acceptors (Lipinski definition) is 4. The lowest BCUT2D eigenvalue weighted by Gasteiger charge is -2.18. The Labute approximate surface area is 150 Å². The zero-order valence-corrected chi connectivity index (χ0v) is 15.5. The molecule has 0 radical (unpaired) electrons. The van der Waals surface area contributed by atoms with E-state index in [1.165, 1.54) is 0 Å². The van der Waals surface area contributed by atoms with E-state index in [2.05, 4.69) is 17.1 Å². The van der Waals surface area contributed by atoms with Gasteiger partial charge in [0.1, 0.15) is 5.75 Å². The second-order valence-electron chi connectivity index (χ2n) is 6.76. The van der Waals surface area contributed by atoms with Gasteiger partial charge in [0.05, 0.1) is 12.5 Å². The highest BCUT2D eigenvalue weighted by Gasteiger charge is 2.33. The highest BCUT2D eigenvalue weighted by Crippen LogP contribution is 2.21. The van der Waals surface area contributed by atoms with E-state index in [4.69, 9.17) is 4.74 Å². The van der Waals surface area contributed by atoms with Gasteiger partial charge in [0.25, 0.3) is 0 Å². The molecule has 1 fully saturated rings. The summed E-state index contributed by atoms with van der Waals surface area (Å²) in [6.45, 7) is 4.90. The SMILES string of the molecule is CCCOc1ccc(NC(=O)C2CC(=O)N(CCCN(C)C)C2)cc1. The molecule has 0 aliphatic carbocycles. The van der Waals surface area contributed by atoms with Crippen molar-refractivity contribution in [3.05, 3.63) is 24.3 Å². The molecule has 6 heteroatoms. The predicted octanol–water partition coefficient (Wildman–Crippen LogP) is 2.21. The van der Waals surface area contributed by atoms with Gasteiger partial charge in [-0.05, 0) is 57.7 Å². The summed E-state index contributed by atoms with van der Waals surface area (Å²) in [4.78, 5) is 28.4. The third-order valence-electron chi connectivity index (χ3n) is 4.21. The van der Waals surface area contributed by atoms with Crippen molar-refractivity contribution in [2.24, 2.45) is 5.92 Å². The molecule has 2 rings (SSSR count). The number of nitrogens with zero attached hydrogens (tertiary/aromatic N) is 2. The molecule has 1 aliphatic heterocycles. The zero-order chi connectivity index (χ0) is 18.2. The highest BCUT2D eigenvalue weighted by molar-refractivity contribution is 5.97. The van der Waals surface area contributed by atoms with Gasteiger partial charge in [-0.15, -0.1) is 0 Å². The summed E-state index contributed by atoms with van der Waals surface area (Å²) < 4.78 is 5.53. The van der Waals surface area contributed by atoms with Crippen molar-refractivity contribution in [3.63, 3.8) is 0 Å². The maximum absolute atomic E-state index is 12.4. The smallest absolute Gasteiger partial charge is 0.229 e. The van der Waals surface area contributed by atoms with Crippen molar-refractivity contribution in [1.29, 1.82) is 0 Å². The van der Waals surface area contributed by atoms with Crippen LogP contribution >= 0.6 is 0 Å². The molecule has 1 atom stereocenters. The number of likely N-dealkylation sites (tertiary alicyclic amines) is 1. The van der Waals surface area contributed by atoms with Crippen molar-refractivity contribution in [3.8, 4) is 5.75 Å². The van der Waals surface area contributed by atoms with E-state index in [0.717, 1.165) is 30.8 Å². The lowest BCUT2D eigenvalue weighted by molar-refractivity contribution is -0.128. The van der Waals surface area contributed by atoms with Crippen molar-refractivity contribution < 1.29 is 14.3 Å². The molecule has 1 aromatic rings. The molecule has 1 N–H and O–H groups in total. The molecule has 0 aromatic heterocycles. The molecular formula is C19H29N3O3. The van der Waals surface area contributed by atoms with Crippen LogP contribution in [-0.2, 0) is 9.59 Å². The van der Waals surface area contributed by atoms with E-state index < -0.39 is 0 Å². The molecular weight excluding hydrogens is 318 g/mol. The van der Waals surface area contributed by atoms with Crippen LogP contribution < -0.4 is 10.1 Å². The molecule has 1 unspecified atom stereocenters. The molecule has 0 bridgehead atoms. The molecule has 0 spiro atoms. The highest BCUT2D eigenvalue weighted by atomic mass is 16.5. The Balaban J connectivity index is 1.81. The first kappa shape index (κ1) is 19.2. The van der Waals surface area contributed by atoms with Crippen LogP contribution in [0.15, 0.2) is 24.3 Å². The summed E-state index contributed by atoms with van der Waals surface area (Å²) in [5.74, 6) is 0.499. The average Bonchev–Trinajstić information content (AvgIpc) is 2.95. The fourth-order valence-electron chi connectivity index (χ4n) is 2.84. The van der Waals surface area contributed by atoms with Gasteiger partial charge < -0.3 is 19.9 Å². The number of rotatable bonds is 9. The summed E-state index contributed by atoms with van der Waals surface area (Å²) in [6, 6.07) is 7.35. The van der Waals surface area contributed by atoms with Gasteiger partial charge >= 0.3 is 0 Å². The second-order valence-corrected chi connectivity index (χ2v) is 6.76. The number of anilines is 1. The standard InChI is InChI=1S/C19H29N3O3/c1-4-12-25-17-8-6-16(7-9-17)20-19(24)15-13-18(23)22(14-15)11-5-10-21(2)3/h6-9,15H,4-5,10-14H2,1-3H3,(H,20,24). The predicted molar refractivity (Wildman–Crippen MR) is 98.7 cm³/mol. The average molecular weight is 347 g/mol. The van der Waals surface area contributed by atoms with Gasteiger partial charge in [-0.1, -0.05) is 6.92 Å². The van der Waals surface area contributed by atoms with Crippen molar-refractivity contribution in [2.75, 3.05) is 45.7 Å². The van der Waals surface area contributed by atoms with Crippen LogP contribution in [0.2, 0.25) is 0 Å². The molecule has 1 aliphatic rings. The number of carbonyl (C=O) groups is 2. The van der Waals surface area contributed by atoms with E-state index >= 15 is 0 Å². The van der Waals surface area contributed by atoms with Crippen LogP contribution in [0.25, 0.3) is 0 Å². The van der Waals surface area contributed by atoms with Gasteiger partial charge in [-0.25, -0.2) is 0 Å². The van der Waals surface area contributed by atoms with E-state index in [1.807, 2.05) is 38.4 Å². The quantitative estimate of drug-likeness (QED) is 0.744. The second kappa shape index (κ2) is 9.42. The molecule has 1 heterocycles. The topological polar surface area (TPSA) is 61.9 Å². The molecule has 0 saturated carbocycles. The van der Waals surface area contributed by atoms with Gasteiger partial charge in [-0.3, -0.25) is 9.59 Å². The third kappa shape index (κ3) is 6.05. The number of benzene rings is 1. The molecule has 138 valence electrons. The Morgan fingerprint density at radius 1 is 1.32 bits per heavy atom. The Morgan fingerprint density at radius 2 is 2.04 bits per heavy atom. The van der Waals surface area contributed by atoms with Crippen LogP contribution in [0.3, 0.4) is 0 Å². The molecule has 1 saturated heterocycles. The third-order valence-corrected chi connectivity index (χ3v) is 4.21. The lowest BCUT2D eigenvalue weighted by atomic mass is 10.1. The minimum absolute atomic E-state index is 0.0715. The van der Waals surface area contributed by atoms with Crippen LogP contribution in [0.1, 0.15) is 26.2 Å². The number of carbonyl (C=O) groups excluding carboxylic acids is 2. The number of amides is 2. The Bertz CT molecular complexity index is 572. The van der Waals surface area contributed by atoms with Gasteiger partial charge in [0.2, 0.25) is 11.8 Å². The summed E-state index contributed by atoms with van der Waals surface area (Å²) in [5.41, 5.74) is 0.729. The van der Waals surface area contributed by atoms with Crippen molar-refractivity contribution >= 4 is 17.5 Å². The fraction of sp³-hybridized carbons (Fsp3) is 0.579. The van der Waals surface area contributed by atoms with Crippen LogP contribution in [0, 0.1) is 5.92 Å². The van der Waals surface area contributed by atoms with E-state index in [-0.39, 0.29) is 17.7 Å². The minimum Gasteiger partial charge on any atom is -0.494 e. The summed E-state index contributed by atoms with van der Waals surface area (Å²) in [6.07, 6.45) is 2.18. The monoisotopic (exact) mass is 347 g/mol. The first-order valence-electron chi connectivity index (χ1n) is 8.95. The summed E-state index contributed by atoms with van der Waals surface area (Å²) >= 11 is 0. The molecule has 6 nitrogen and oxygen atoms in total. The van der Waals surface area contributed by atoms with Crippen LogP contribution in [-0.4, -0.2) is 62.0 Å². The van der Waals surface area contributed by atoms with Crippen LogP contribution in [0.4, 0.5) is 5.69 Å². The minimum atomic E-state index is -0.275. The Morgan fingerprint density at radius 3 is 2.68 bits per heavy atom. The number of nitrogens with one attached hydrogen (secondary N) is 1. The van der Waals surface area contributed by atoms with Gasteiger partial charge in [0.15, 0.2) is 0 Å². The number of hydrogen-bond donors (Lipinski definition) is 1. The first-order valence-corrected chi connectivity index (χ1v) is 8.95. The zero-order valence-electron chi connectivity index (χ0n) is 15.5. The Kier molecular flexibility index (Phi) is 7.25. The van der Waals surface area contributed by atoms with Crippen LogP contribution in [0.5, 0.6) is 5.75 Å². The maximum Gasteiger partial charge on any atom is 0.229 e. The maximum atomic E-state index is 12.4. The molecule has 2 amide bonds. The fourth-order valence-corrected chi connectivity index (χ4v) is 2.84. The van der Waals surface area contributed by atoms with Gasteiger partial charge in [-0.2, -0.15) is 0 Å². The largest absolute Gasteiger partial charge is 0.494 e. The van der Waals surface area contributed by atoms with Crippen molar-refractivity contribution in [1.82, 2.24) is 9.80 Å². The lowest BCUT2D eigenvalue weighted by Crippen LogP contribution is -2.30. The van der Waals surface area contributed by atoms with E-state index in [9.17, 15) is 9.59 Å². The number of ether oxygens (including phenoxy) is 1. The van der Waals surface area contributed by atoms with Crippen molar-refractivity contribution in [2.45, 2.75) is 26.2 Å². The van der Waals surface area contributed by atoms with Gasteiger partial charge in [0, 0.05) is 25.2 Å². The first-order chi connectivity index (χ1) is 12.0. The van der Waals surface area contributed by atoms with E-state index in [1.54, 1.807) is 4.90 Å². The molecule has 25 heavy (non-hydrogen) atoms. The normalized spacial score (nSPS) is 17.2. The summed E-state index contributed by atoms with van der Waals surface area (Å²) in [5, 5.41) is 2.90. The Hall–Kier alpha value is -2.08. The summed E-state index contributed by atoms with van der Waals surface area (Å²) in [7, 11) is 4.03. The van der Waals surface area contributed by atoms with E-state index in [0.29, 0.717) is 26.1 Å².